The molecule has 4 heteroatoms. The molecule has 1 amide bonds. The van der Waals surface area contributed by atoms with Gasteiger partial charge in [-0.1, -0.05) is 54.6 Å². The van der Waals surface area contributed by atoms with Crippen LogP contribution < -0.4 is 5.73 Å². The van der Waals surface area contributed by atoms with Gasteiger partial charge in [0.1, 0.15) is 0 Å². The summed E-state index contributed by atoms with van der Waals surface area (Å²) in [6, 6.07) is 18.7. The molecule has 0 saturated carbocycles. The molecule has 0 aromatic heterocycles. The predicted octanol–water partition coefficient (Wildman–Crippen LogP) is 3.58. The molecule has 4 nitrogen and oxygen atoms in total. The van der Waals surface area contributed by atoms with Crippen LogP contribution in [0.5, 0.6) is 0 Å². The molecule has 0 spiro atoms. The Morgan fingerprint density at radius 2 is 1.59 bits per heavy atom. The molecule has 0 bridgehead atoms. The Morgan fingerprint density at radius 3 is 2.22 bits per heavy atom. The molecule has 2 aromatic carbocycles. The molecule has 142 valence electrons. The summed E-state index contributed by atoms with van der Waals surface area (Å²) in [5, 5.41) is 7.34. The number of nitrogens with zero attached hydrogens (tertiary/aromatic N) is 1. The molecular formula is C23H29N3O. The maximum atomic E-state index is 12.5. The summed E-state index contributed by atoms with van der Waals surface area (Å²) in [5.74, 6) is 1.12. The van der Waals surface area contributed by atoms with E-state index in [4.69, 9.17) is 11.1 Å². The monoisotopic (exact) mass is 363 g/mol. The molecule has 0 radical (unpaired) electrons. The lowest BCUT2D eigenvalue weighted by atomic mass is 9.90. The van der Waals surface area contributed by atoms with E-state index in [1.165, 1.54) is 5.56 Å². The minimum absolute atomic E-state index is 0.175. The van der Waals surface area contributed by atoms with Crippen molar-refractivity contribution in [1.82, 2.24) is 4.90 Å². The van der Waals surface area contributed by atoms with Crippen molar-refractivity contribution in [3.63, 3.8) is 0 Å². The minimum Gasteiger partial charge on any atom is -0.387 e. The molecule has 1 aliphatic rings. The van der Waals surface area contributed by atoms with E-state index < -0.39 is 0 Å². The first-order valence-electron chi connectivity index (χ1n) is 9.82. The molecule has 0 atom stereocenters. The molecule has 1 saturated heterocycles. The Morgan fingerprint density at radius 1 is 0.963 bits per heavy atom. The maximum absolute atomic E-state index is 12.5. The van der Waals surface area contributed by atoms with Gasteiger partial charge in [0, 0.05) is 25.9 Å². The topological polar surface area (TPSA) is 70.2 Å². The first-order chi connectivity index (χ1) is 13.1. The fourth-order valence-electron chi connectivity index (χ4n) is 3.79. The van der Waals surface area contributed by atoms with Crippen molar-refractivity contribution < 1.29 is 4.79 Å². The van der Waals surface area contributed by atoms with E-state index in [1.54, 1.807) is 0 Å². The van der Waals surface area contributed by atoms with Gasteiger partial charge in [0.2, 0.25) is 5.91 Å². The van der Waals surface area contributed by atoms with Crippen molar-refractivity contribution in [2.75, 3.05) is 13.1 Å². The highest BCUT2D eigenvalue weighted by molar-refractivity contribution is 5.79. The van der Waals surface area contributed by atoms with E-state index >= 15 is 0 Å². The first-order valence-corrected chi connectivity index (χ1v) is 9.82. The highest BCUT2D eigenvalue weighted by atomic mass is 16.2. The number of nitrogens with two attached hydrogens (primary N) is 1. The van der Waals surface area contributed by atoms with Crippen molar-refractivity contribution in [3.8, 4) is 0 Å². The normalized spacial score (nSPS) is 14.9. The Labute approximate surface area is 161 Å². The first kappa shape index (κ1) is 19.2. The van der Waals surface area contributed by atoms with Crippen LogP contribution in [0.4, 0.5) is 0 Å². The number of benzene rings is 2. The van der Waals surface area contributed by atoms with Crippen molar-refractivity contribution >= 4 is 11.7 Å². The van der Waals surface area contributed by atoms with E-state index in [0.717, 1.165) is 49.9 Å². The van der Waals surface area contributed by atoms with Gasteiger partial charge in [0.25, 0.3) is 0 Å². The number of carbonyl (C=O) groups excluding carboxylic acids is 1. The molecule has 3 N–H and O–H groups in total. The molecule has 2 aromatic rings. The van der Waals surface area contributed by atoms with Gasteiger partial charge in [-0.3, -0.25) is 10.2 Å². The number of piperidine rings is 1. The van der Waals surface area contributed by atoms with Gasteiger partial charge in [-0.2, -0.15) is 0 Å². The Balaban J connectivity index is 1.41. The van der Waals surface area contributed by atoms with Crippen molar-refractivity contribution in [2.45, 2.75) is 38.5 Å². The van der Waals surface area contributed by atoms with E-state index in [-0.39, 0.29) is 11.7 Å². The summed E-state index contributed by atoms with van der Waals surface area (Å²) in [6.07, 6.45) is 5.13. The molecule has 27 heavy (non-hydrogen) atoms. The number of carbonyl (C=O) groups is 1. The summed E-state index contributed by atoms with van der Waals surface area (Å²) in [4.78, 5) is 14.6. The van der Waals surface area contributed by atoms with E-state index in [2.05, 4.69) is 30.3 Å². The van der Waals surface area contributed by atoms with Crippen molar-refractivity contribution in [3.05, 3.63) is 71.3 Å². The molecule has 0 aliphatic carbocycles. The van der Waals surface area contributed by atoms with Gasteiger partial charge in [-0.25, -0.2) is 0 Å². The molecule has 0 unspecified atom stereocenters. The van der Waals surface area contributed by atoms with Crippen LogP contribution in [0.2, 0.25) is 0 Å². The van der Waals surface area contributed by atoms with Crippen LogP contribution in [0.1, 0.15) is 36.0 Å². The number of likely N-dealkylation sites (tertiary alicyclic amines) is 1. The van der Waals surface area contributed by atoms with Gasteiger partial charge < -0.3 is 10.6 Å². The standard InChI is InChI=1S/C23H29N3O/c24-22(25)17-20-8-6-18(7-9-20)10-11-23(27)26-14-12-21(13-15-26)16-19-4-2-1-3-5-19/h1-9,21H,10-17H2,(H3,24,25). The average Bonchev–Trinajstić information content (AvgIpc) is 2.68. The third-order valence-electron chi connectivity index (χ3n) is 5.38. The summed E-state index contributed by atoms with van der Waals surface area (Å²) >= 11 is 0. The predicted molar refractivity (Wildman–Crippen MR) is 110 cm³/mol. The van der Waals surface area contributed by atoms with Crippen molar-refractivity contribution in [2.24, 2.45) is 11.7 Å². The zero-order chi connectivity index (χ0) is 19.1. The van der Waals surface area contributed by atoms with Crippen LogP contribution in [0.3, 0.4) is 0 Å². The van der Waals surface area contributed by atoms with E-state index in [1.807, 2.05) is 29.2 Å². The fourth-order valence-corrected chi connectivity index (χ4v) is 3.79. The average molecular weight is 364 g/mol. The number of rotatable bonds is 7. The smallest absolute Gasteiger partial charge is 0.222 e. The van der Waals surface area contributed by atoms with E-state index in [9.17, 15) is 4.79 Å². The Hall–Kier alpha value is -2.62. The van der Waals surface area contributed by atoms with Gasteiger partial charge in [0.05, 0.1) is 5.84 Å². The van der Waals surface area contributed by atoms with Crippen LogP contribution >= 0.6 is 0 Å². The van der Waals surface area contributed by atoms with Gasteiger partial charge >= 0.3 is 0 Å². The van der Waals surface area contributed by atoms with Crippen LogP contribution in [0.25, 0.3) is 0 Å². The van der Waals surface area contributed by atoms with Gasteiger partial charge in [0.15, 0.2) is 0 Å². The third-order valence-corrected chi connectivity index (χ3v) is 5.38. The Bertz CT molecular complexity index is 747. The quantitative estimate of drug-likeness (QED) is 0.583. The Kier molecular flexibility index (Phi) is 6.64. The number of amidine groups is 1. The van der Waals surface area contributed by atoms with Crippen LogP contribution in [-0.4, -0.2) is 29.7 Å². The largest absolute Gasteiger partial charge is 0.387 e. The van der Waals surface area contributed by atoms with Crippen LogP contribution in [0.15, 0.2) is 54.6 Å². The highest BCUT2D eigenvalue weighted by Crippen LogP contribution is 2.22. The second kappa shape index (κ2) is 9.36. The summed E-state index contributed by atoms with van der Waals surface area (Å²) in [6.45, 7) is 1.77. The van der Waals surface area contributed by atoms with Gasteiger partial charge in [-0.15, -0.1) is 0 Å². The number of amides is 1. The number of hydrogen-bond acceptors (Lipinski definition) is 2. The summed E-state index contributed by atoms with van der Waals surface area (Å²) in [7, 11) is 0. The molecule has 3 rings (SSSR count). The third kappa shape index (κ3) is 5.95. The van der Waals surface area contributed by atoms with Crippen LogP contribution in [0, 0.1) is 11.3 Å². The lowest BCUT2D eigenvalue weighted by molar-refractivity contribution is -0.132. The fraction of sp³-hybridized carbons (Fsp3) is 0.391. The highest BCUT2D eigenvalue weighted by Gasteiger charge is 2.22. The second-order valence-corrected chi connectivity index (χ2v) is 7.53. The van der Waals surface area contributed by atoms with Gasteiger partial charge in [-0.05, 0) is 48.3 Å². The molecule has 1 heterocycles. The SMILES string of the molecule is N=C(N)Cc1ccc(CCC(=O)N2CCC(Cc3ccccc3)CC2)cc1. The lowest BCUT2D eigenvalue weighted by Gasteiger charge is -2.32. The minimum atomic E-state index is 0.175. The summed E-state index contributed by atoms with van der Waals surface area (Å²) < 4.78 is 0. The zero-order valence-electron chi connectivity index (χ0n) is 15.9. The zero-order valence-corrected chi connectivity index (χ0v) is 15.9. The summed E-state index contributed by atoms with van der Waals surface area (Å²) in [5.41, 5.74) is 9.03. The molecule has 1 fully saturated rings. The van der Waals surface area contributed by atoms with E-state index in [0.29, 0.717) is 18.8 Å². The van der Waals surface area contributed by atoms with Crippen molar-refractivity contribution in [1.29, 1.82) is 5.41 Å². The number of nitrogens with one attached hydrogen (secondary N) is 1. The number of aryl methyl sites for hydroxylation is 1. The van der Waals surface area contributed by atoms with Crippen LogP contribution in [-0.2, 0) is 24.1 Å². The second-order valence-electron chi connectivity index (χ2n) is 7.53. The molecular weight excluding hydrogens is 334 g/mol. The molecule has 1 aliphatic heterocycles. The number of hydrogen-bond donors (Lipinski definition) is 2. The maximum Gasteiger partial charge on any atom is 0.222 e. The lowest BCUT2D eigenvalue weighted by Crippen LogP contribution is -2.39.